The Morgan fingerprint density at radius 2 is 1.21 bits per heavy atom. The molecule has 40 heteroatoms. The standard InChI is InChI=1S/C37H35FN10O22S7/c38-35-41-36(43-37(42-35)48(22-4-2-1-3-5-22)10-13-71(51,52)15-12-70-77(67,68)69)40-21-6-9-26(73(55,56)57)25(18-21)45-47-33-29(76(64,65)66)17-20-16-28(75(61,62)63)32(31(39)30(20)34(33)50)46-44-24-8-7-23(72(53,54)14-11-49)19-27(24)74(58,59)60/h1-9,16-19,49-50H,10-15,39H2,(H,55,56,57)(H,58,59,60)(H,61,62,63)(H,64,65,66)(H,67,68,69)(H,40,41,42,43). The first-order chi connectivity index (χ1) is 35.5. The fourth-order valence-corrected chi connectivity index (χ4v) is 11.7. The molecule has 0 spiro atoms. The van der Waals surface area contributed by atoms with Crippen molar-refractivity contribution in [1.82, 2.24) is 15.0 Å². The summed E-state index contributed by atoms with van der Waals surface area (Å²) < 4.78 is 241. The van der Waals surface area contributed by atoms with Gasteiger partial charge in [-0.3, -0.25) is 22.8 Å². The van der Waals surface area contributed by atoms with Gasteiger partial charge in [-0.1, -0.05) is 18.2 Å². The number of benzene rings is 5. The third-order valence-electron chi connectivity index (χ3n) is 9.96. The molecule has 0 aliphatic carbocycles. The van der Waals surface area contributed by atoms with Crippen LogP contribution in [0.15, 0.2) is 124 Å². The molecule has 414 valence electrons. The van der Waals surface area contributed by atoms with Gasteiger partial charge < -0.3 is 26.2 Å². The van der Waals surface area contributed by atoms with E-state index >= 15 is 4.39 Å². The van der Waals surface area contributed by atoms with E-state index < -0.39 is 195 Å². The molecule has 6 aromatic rings. The van der Waals surface area contributed by atoms with Gasteiger partial charge in [0.2, 0.25) is 11.9 Å². The predicted molar refractivity (Wildman–Crippen MR) is 262 cm³/mol. The molecule has 10 N–H and O–H groups in total. The van der Waals surface area contributed by atoms with Crippen molar-refractivity contribution in [3.05, 3.63) is 84.9 Å². The van der Waals surface area contributed by atoms with Gasteiger partial charge in [-0.15, -0.1) is 20.5 Å². The lowest BCUT2D eigenvalue weighted by Gasteiger charge is -2.23. The number of anilines is 5. The monoisotopic (exact) mass is 1210 g/mol. The Balaban J connectivity index is 1.45. The second-order valence-electron chi connectivity index (χ2n) is 15.2. The third kappa shape index (κ3) is 14.8. The summed E-state index contributed by atoms with van der Waals surface area (Å²) in [5.74, 6) is -5.19. The van der Waals surface area contributed by atoms with Gasteiger partial charge in [-0.05, 0) is 66.0 Å². The summed E-state index contributed by atoms with van der Waals surface area (Å²) >= 11 is 0. The van der Waals surface area contributed by atoms with Crippen molar-refractivity contribution in [3.8, 4) is 5.75 Å². The maximum Gasteiger partial charge on any atom is 0.397 e. The van der Waals surface area contributed by atoms with Gasteiger partial charge in [-0.25, -0.2) is 21.0 Å². The number of nitrogen functional groups attached to an aromatic ring is 1. The predicted octanol–water partition coefficient (Wildman–Crippen LogP) is 3.15. The number of fused-ring (bicyclic) bond motifs is 1. The molecular formula is C37H35FN10O22S7. The summed E-state index contributed by atoms with van der Waals surface area (Å²) in [6.07, 6.45) is -1.49. The van der Waals surface area contributed by atoms with Gasteiger partial charge in [0.25, 0.3) is 40.5 Å². The van der Waals surface area contributed by atoms with Crippen molar-refractivity contribution in [3.63, 3.8) is 0 Å². The van der Waals surface area contributed by atoms with Gasteiger partial charge in [-0.2, -0.15) is 61.4 Å². The molecule has 0 saturated carbocycles. The normalized spacial score (nSPS) is 13.2. The van der Waals surface area contributed by atoms with E-state index in [9.17, 15) is 82.2 Å². The Labute approximate surface area is 434 Å². The van der Waals surface area contributed by atoms with Crippen molar-refractivity contribution >= 4 is 133 Å². The molecule has 0 amide bonds. The summed E-state index contributed by atoms with van der Waals surface area (Å²) in [6.45, 7) is -2.37. The quantitative estimate of drug-likeness (QED) is 0.0268. The number of nitrogens with two attached hydrogens (primary N) is 1. The lowest BCUT2D eigenvalue weighted by atomic mass is 10.1. The largest absolute Gasteiger partial charge is 0.505 e. The second kappa shape index (κ2) is 22.2. The van der Waals surface area contributed by atoms with Crippen LogP contribution in [0.25, 0.3) is 10.8 Å². The number of hydrogen-bond acceptors (Lipinski definition) is 27. The third-order valence-corrected chi connectivity index (χ3v) is 17.2. The van der Waals surface area contributed by atoms with E-state index in [-0.39, 0.29) is 11.4 Å². The summed E-state index contributed by atoms with van der Waals surface area (Å²) in [7, 11) is -35.3. The first-order valence-electron chi connectivity index (χ1n) is 20.3. The molecule has 0 saturated heterocycles. The Kier molecular flexibility index (Phi) is 17.1. The molecule has 0 bridgehead atoms. The van der Waals surface area contributed by atoms with Crippen LogP contribution in [0.3, 0.4) is 0 Å². The number of aromatic hydroxyl groups is 1. The van der Waals surface area contributed by atoms with E-state index in [0.717, 1.165) is 23.1 Å². The number of sulfone groups is 2. The maximum absolute atomic E-state index is 15.1. The van der Waals surface area contributed by atoms with Crippen LogP contribution >= 0.6 is 0 Å². The van der Waals surface area contributed by atoms with E-state index in [1.807, 2.05) is 0 Å². The first kappa shape index (κ1) is 59.3. The summed E-state index contributed by atoms with van der Waals surface area (Å²) in [4.78, 5) is 6.52. The minimum absolute atomic E-state index is 0.184. The summed E-state index contributed by atoms with van der Waals surface area (Å²) in [5.41, 5.74) is 0.725. The number of phenolic OH excluding ortho intramolecular Hbond substituents is 1. The number of aliphatic hydroxyl groups is 1. The van der Waals surface area contributed by atoms with Gasteiger partial charge in [0.05, 0.1) is 46.4 Å². The minimum atomic E-state index is -5.61. The molecule has 6 rings (SSSR count). The van der Waals surface area contributed by atoms with Crippen LogP contribution in [0.1, 0.15) is 0 Å². The molecule has 0 fully saturated rings. The molecule has 5 aromatic carbocycles. The number of hydrogen-bond donors (Lipinski definition) is 9. The lowest BCUT2D eigenvalue weighted by molar-refractivity contribution is 0.283. The molecule has 1 aromatic heterocycles. The molecule has 77 heavy (non-hydrogen) atoms. The zero-order valence-corrected chi connectivity index (χ0v) is 43.6. The zero-order chi connectivity index (χ0) is 57.3. The molecule has 0 aliphatic heterocycles. The minimum Gasteiger partial charge on any atom is -0.505 e. The Bertz CT molecular complexity index is 4240. The SMILES string of the molecule is Nc1c(N=Nc2ccc(S(=O)(=O)CCO)cc2S(=O)(=O)O)c(S(=O)(=O)O)cc2cc(S(=O)(=O)O)c(N=Nc3cc(Nc4nc(F)nc(N(CCS(=O)(=O)CCOS(=O)(=O)O)c5ccccc5)n4)ccc3S(=O)(=O)O)c(O)c12. The molecule has 32 nitrogen and oxygen atoms in total. The number of nitrogens with zero attached hydrogens (tertiary/aromatic N) is 8. The van der Waals surface area contributed by atoms with E-state index in [0.29, 0.717) is 30.3 Å². The van der Waals surface area contributed by atoms with Crippen molar-refractivity contribution in [2.45, 2.75) is 24.5 Å². The van der Waals surface area contributed by atoms with Gasteiger partial charge in [0, 0.05) is 17.9 Å². The number of phenols is 1. The van der Waals surface area contributed by atoms with Gasteiger partial charge in [0.15, 0.2) is 25.4 Å². The smallest absolute Gasteiger partial charge is 0.397 e. The Morgan fingerprint density at radius 1 is 0.623 bits per heavy atom. The average molecular weight is 1220 g/mol. The highest BCUT2D eigenvalue weighted by molar-refractivity contribution is 7.92. The highest BCUT2D eigenvalue weighted by Gasteiger charge is 2.30. The van der Waals surface area contributed by atoms with Crippen molar-refractivity contribution in [1.29, 1.82) is 0 Å². The zero-order valence-electron chi connectivity index (χ0n) is 37.9. The molecule has 0 radical (unpaired) electrons. The van der Waals surface area contributed by atoms with Crippen molar-refractivity contribution in [2.75, 3.05) is 53.0 Å². The number of azo groups is 2. The Morgan fingerprint density at radius 3 is 1.79 bits per heavy atom. The van der Waals surface area contributed by atoms with Crippen LogP contribution < -0.4 is 16.0 Å². The number of rotatable bonds is 22. The van der Waals surface area contributed by atoms with Crippen LogP contribution in [-0.2, 0) is 74.7 Å². The highest BCUT2D eigenvalue weighted by Crippen LogP contribution is 2.49. The van der Waals surface area contributed by atoms with E-state index in [4.69, 9.17) is 15.4 Å². The molecule has 0 atom stereocenters. The van der Waals surface area contributed by atoms with Crippen LogP contribution in [0.5, 0.6) is 5.75 Å². The average Bonchev–Trinajstić information content (AvgIpc) is 3.29. The fraction of sp³-hybridized carbons (Fsp3) is 0.162. The van der Waals surface area contributed by atoms with Crippen molar-refractivity contribution in [2.24, 2.45) is 20.5 Å². The van der Waals surface area contributed by atoms with E-state index in [2.05, 4.69) is 44.9 Å². The summed E-state index contributed by atoms with van der Waals surface area (Å²) in [6, 6.07) is 12.5. The number of para-hydroxylation sites is 1. The summed E-state index contributed by atoms with van der Waals surface area (Å²) in [5, 5.41) is 35.9. The van der Waals surface area contributed by atoms with Crippen LogP contribution in [0.2, 0.25) is 0 Å². The second-order valence-corrected chi connectivity index (χ2v) is 26.3. The van der Waals surface area contributed by atoms with Gasteiger partial charge >= 0.3 is 16.5 Å². The molecule has 1 heterocycles. The Hall–Kier alpha value is -6.93. The van der Waals surface area contributed by atoms with E-state index in [1.54, 1.807) is 6.07 Å². The molecule has 0 aliphatic rings. The first-order valence-corrected chi connectivity index (χ1v) is 30.9. The van der Waals surface area contributed by atoms with Crippen molar-refractivity contribution < 1.29 is 100 Å². The van der Waals surface area contributed by atoms with Crippen LogP contribution in [0.4, 0.5) is 56.1 Å². The highest BCUT2D eigenvalue weighted by atomic mass is 32.3. The number of nitrogens with one attached hydrogen (secondary N) is 1. The fourth-order valence-electron chi connectivity index (χ4n) is 6.62. The molecule has 0 unspecified atom stereocenters. The van der Waals surface area contributed by atoms with Gasteiger partial charge in [0.1, 0.15) is 42.3 Å². The van der Waals surface area contributed by atoms with E-state index in [1.165, 1.54) is 24.3 Å². The van der Waals surface area contributed by atoms with Crippen LogP contribution in [0, 0.1) is 6.08 Å². The maximum atomic E-state index is 15.1. The topological polar surface area (TPSA) is 519 Å². The van der Waals surface area contributed by atoms with Crippen LogP contribution in [-0.4, -0.2) is 144 Å². The number of aliphatic hydroxyl groups excluding tert-OH is 1. The number of aromatic nitrogens is 3. The number of halogens is 1. The molecular weight excluding hydrogens is 1180 g/mol. The lowest BCUT2D eigenvalue weighted by Crippen LogP contribution is -2.29.